The van der Waals surface area contributed by atoms with E-state index < -0.39 is 0 Å². The van der Waals surface area contributed by atoms with Gasteiger partial charge in [0.05, 0.1) is 0 Å². The van der Waals surface area contributed by atoms with Crippen LogP contribution < -0.4 is 15.5 Å². The van der Waals surface area contributed by atoms with Crippen LogP contribution in [0.2, 0.25) is 0 Å². The van der Waals surface area contributed by atoms with E-state index in [1.165, 1.54) is 5.56 Å². The number of nitrogens with zero attached hydrogens (tertiary/aromatic N) is 2. The van der Waals surface area contributed by atoms with E-state index in [0.29, 0.717) is 24.7 Å². The van der Waals surface area contributed by atoms with Gasteiger partial charge in [0.1, 0.15) is 6.54 Å². The Morgan fingerprint density at radius 2 is 1.47 bits per heavy atom. The van der Waals surface area contributed by atoms with Crippen molar-refractivity contribution in [1.29, 1.82) is 0 Å². The van der Waals surface area contributed by atoms with E-state index in [1.54, 1.807) is 9.80 Å². The van der Waals surface area contributed by atoms with Crippen molar-refractivity contribution in [2.75, 3.05) is 35.2 Å². The van der Waals surface area contributed by atoms with Gasteiger partial charge in [0, 0.05) is 35.8 Å². The molecule has 0 radical (unpaired) electrons. The summed E-state index contributed by atoms with van der Waals surface area (Å²) in [5.74, 6) is 0.237. The molecule has 6 nitrogen and oxygen atoms in total. The number of carbonyl (C=O) groups excluding carboxylic acids is 2. The number of carbonyl (C=O) groups is 2. The fourth-order valence-electron chi connectivity index (χ4n) is 3.71. The average Bonchev–Trinajstić information content (AvgIpc) is 3.15. The Balaban J connectivity index is 1.31. The zero-order valence-corrected chi connectivity index (χ0v) is 18.4. The topological polar surface area (TPSA) is 64.7 Å². The number of urea groups is 1. The molecule has 164 valence electrons. The van der Waals surface area contributed by atoms with Crippen LogP contribution in [0.5, 0.6) is 0 Å². The zero-order chi connectivity index (χ0) is 22.5. The van der Waals surface area contributed by atoms with Crippen LogP contribution in [0.1, 0.15) is 25.3 Å². The van der Waals surface area contributed by atoms with Gasteiger partial charge in [-0.15, -0.1) is 0 Å². The number of hydrogen-bond acceptors (Lipinski definition) is 3. The summed E-state index contributed by atoms with van der Waals surface area (Å²) in [6.45, 7) is 5.42. The fourth-order valence-corrected chi connectivity index (χ4v) is 3.71. The highest BCUT2D eigenvalue weighted by Gasteiger charge is 2.30. The largest absolute Gasteiger partial charge is 0.356 e. The minimum absolute atomic E-state index is 0.0312. The van der Waals surface area contributed by atoms with E-state index in [-0.39, 0.29) is 18.5 Å². The van der Waals surface area contributed by atoms with Crippen molar-refractivity contribution < 1.29 is 9.59 Å². The van der Waals surface area contributed by atoms with E-state index in [1.807, 2.05) is 66.7 Å². The Labute approximate surface area is 188 Å². The van der Waals surface area contributed by atoms with Gasteiger partial charge in [-0.1, -0.05) is 44.2 Å². The molecule has 6 heteroatoms. The third kappa shape index (κ3) is 5.09. The summed E-state index contributed by atoms with van der Waals surface area (Å²) in [6.07, 6.45) is 0. The molecule has 1 fully saturated rings. The minimum Gasteiger partial charge on any atom is -0.356 e. The van der Waals surface area contributed by atoms with Gasteiger partial charge >= 0.3 is 6.03 Å². The summed E-state index contributed by atoms with van der Waals surface area (Å²) < 4.78 is 0. The number of amides is 3. The first-order valence-corrected chi connectivity index (χ1v) is 10.9. The number of benzene rings is 3. The number of para-hydroxylation sites is 1. The first kappa shape index (κ1) is 21.4. The predicted molar refractivity (Wildman–Crippen MR) is 130 cm³/mol. The maximum absolute atomic E-state index is 12.8. The number of nitrogens with one attached hydrogen (secondary N) is 2. The van der Waals surface area contributed by atoms with E-state index in [2.05, 4.69) is 36.6 Å². The molecule has 0 aliphatic carbocycles. The Morgan fingerprint density at radius 1 is 0.844 bits per heavy atom. The molecule has 0 atom stereocenters. The first-order chi connectivity index (χ1) is 15.5. The third-order valence-electron chi connectivity index (χ3n) is 5.53. The molecule has 3 aromatic rings. The summed E-state index contributed by atoms with van der Waals surface area (Å²) in [6, 6.07) is 25.3. The number of anilines is 4. The quantitative estimate of drug-likeness (QED) is 0.527. The molecule has 1 heterocycles. The molecule has 3 aromatic carbocycles. The zero-order valence-electron chi connectivity index (χ0n) is 18.4. The summed E-state index contributed by atoms with van der Waals surface area (Å²) in [7, 11) is 0. The van der Waals surface area contributed by atoms with Crippen molar-refractivity contribution >= 4 is 34.7 Å². The molecule has 0 spiro atoms. The highest BCUT2D eigenvalue weighted by atomic mass is 16.2. The monoisotopic (exact) mass is 428 g/mol. The second-order valence-corrected chi connectivity index (χ2v) is 8.22. The van der Waals surface area contributed by atoms with Crippen molar-refractivity contribution in [3.63, 3.8) is 0 Å². The van der Waals surface area contributed by atoms with Crippen molar-refractivity contribution in [2.24, 2.45) is 0 Å². The Bertz CT molecular complexity index is 1060. The molecule has 4 rings (SSSR count). The van der Waals surface area contributed by atoms with Gasteiger partial charge in [0.2, 0.25) is 5.91 Å². The molecule has 1 aliphatic heterocycles. The predicted octanol–water partition coefficient (Wildman–Crippen LogP) is 5.43. The van der Waals surface area contributed by atoms with Crippen LogP contribution in [-0.2, 0) is 4.79 Å². The van der Waals surface area contributed by atoms with Crippen LogP contribution in [0, 0.1) is 0 Å². The van der Waals surface area contributed by atoms with Crippen LogP contribution >= 0.6 is 0 Å². The lowest BCUT2D eigenvalue weighted by atomic mass is 10.0. The van der Waals surface area contributed by atoms with Gasteiger partial charge in [-0.05, 0) is 60.0 Å². The van der Waals surface area contributed by atoms with Gasteiger partial charge in [0.25, 0.3) is 0 Å². The summed E-state index contributed by atoms with van der Waals surface area (Å²) >= 11 is 0. The average molecular weight is 429 g/mol. The van der Waals surface area contributed by atoms with Gasteiger partial charge in [0.15, 0.2) is 0 Å². The van der Waals surface area contributed by atoms with E-state index in [0.717, 1.165) is 17.1 Å². The van der Waals surface area contributed by atoms with Crippen molar-refractivity contribution in [3.8, 4) is 0 Å². The standard InChI is InChI=1S/C26H28N4O2/c1-19(2)20-8-14-24(15-9-20)30-17-16-29(26(30)32)18-25(31)28-23-12-10-22(11-13-23)27-21-6-4-3-5-7-21/h3-15,19,27H,16-18H2,1-2H3,(H,28,31). The summed E-state index contributed by atoms with van der Waals surface area (Å²) in [5, 5.41) is 6.18. The van der Waals surface area contributed by atoms with Gasteiger partial charge < -0.3 is 15.5 Å². The van der Waals surface area contributed by atoms with E-state index in [4.69, 9.17) is 0 Å². The Kier molecular flexibility index (Phi) is 6.40. The van der Waals surface area contributed by atoms with Gasteiger partial charge in [-0.2, -0.15) is 0 Å². The molecule has 1 saturated heterocycles. The maximum Gasteiger partial charge on any atom is 0.325 e. The lowest BCUT2D eigenvalue weighted by molar-refractivity contribution is -0.116. The fraction of sp³-hybridized carbons (Fsp3) is 0.231. The highest BCUT2D eigenvalue weighted by molar-refractivity contribution is 5.99. The van der Waals surface area contributed by atoms with Crippen LogP contribution in [0.4, 0.5) is 27.5 Å². The molecular weight excluding hydrogens is 400 g/mol. The van der Waals surface area contributed by atoms with Crippen LogP contribution in [0.25, 0.3) is 0 Å². The first-order valence-electron chi connectivity index (χ1n) is 10.9. The summed E-state index contributed by atoms with van der Waals surface area (Å²) in [4.78, 5) is 28.6. The molecule has 32 heavy (non-hydrogen) atoms. The molecule has 2 N–H and O–H groups in total. The minimum atomic E-state index is -0.209. The molecule has 0 bridgehead atoms. The molecular formula is C26H28N4O2. The second-order valence-electron chi connectivity index (χ2n) is 8.22. The number of hydrogen-bond donors (Lipinski definition) is 2. The van der Waals surface area contributed by atoms with Crippen LogP contribution in [-0.4, -0.2) is 36.5 Å². The molecule has 0 saturated carbocycles. The molecule has 1 aliphatic rings. The normalized spacial score (nSPS) is 13.5. The molecule has 0 unspecified atom stereocenters. The lowest BCUT2D eigenvalue weighted by Gasteiger charge is -2.19. The van der Waals surface area contributed by atoms with Crippen molar-refractivity contribution in [1.82, 2.24) is 4.90 Å². The van der Waals surface area contributed by atoms with Gasteiger partial charge in [-0.3, -0.25) is 9.69 Å². The van der Waals surface area contributed by atoms with Crippen LogP contribution in [0.3, 0.4) is 0 Å². The van der Waals surface area contributed by atoms with E-state index >= 15 is 0 Å². The summed E-state index contributed by atoms with van der Waals surface area (Å²) in [5.41, 5.74) is 4.73. The van der Waals surface area contributed by atoms with Gasteiger partial charge in [-0.25, -0.2) is 4.79 Å². The van der Waals surface area contributed by atoms with Crippen molar-refractivity contribution in [3.05, 3.63) is 84.4 Å². The SMILES string of the molecule is CC(C)c1ccc(N2CCN(CC(=O)Nc3ccc(Nc4ccccc4)cc3)C2=O)cc1. The Hall–Kier alpha value is -3.80. The van der Waals surface area contributed by atoms with Crippen molar-refractivity contribution in [2.45, 2.75) is 19.8 Å². The molecule has 0 aromatic heterocycles. The molecule has 3 amide bonds. The van der Waals surface area contributed by atoms with E-state index in [9.17, 15) is 9.59 Å². The smallest absolute Gasteiger partial charge is 0.325 e. The lowest BCUT2D eigenvalue weighted by Crippen LogP contribution is -2.37. The van der Waals surface area contributed by atoms with Crippen LogP contribution in [0.15, 0.2) is 78.9 Å². The number of rotatable bonds is 7. The maximum atomic E-state index is 12.8. The highest BCUT2D eigenvalue weighted by Crippen LogP contribution is 2.24. The second kappa shape index (κ2) is 9.56. The Morgan fingerprint density at radius 3 is 2.12 bits per heavy atom. The third-order valence-corrected chi connectivity index (χ3v) is 5.53.